The summed E-state index contributed by atoms with van der Waals surface area (Å²) < 4.78 is 11.9. The Balaban J connectivity index is 1.28. The number of ether oxygens (including phenoxy) is 2. The lowest BCUT2D eigenvalue weighted by Gasteiger charge is -2.55. The second-order valence-electron chi connectivity index (χ2n) is 13.0. The van der Waals surface area contributed by atoms with E-state index < -0.39 is 23.0 Å². The molecule has 6 heteroatoms. The molecule has 1 amide bonds. The molecule has 7 rings (SSSR count). The third kappa shape index (κ3) is 5.55. The molecule has 1 heterocycles. The zero-order valence-electron chi connectivity index (χ0n) is 27.1. The fourth-order valence-electron chi connectivity index (χ4n) is 8.27. The molecule has 0 radical (unpaired) electrons. The molecule has 5 aromatic carbocycles. The fourth-order valence-corrected chi connectivity index (χ4v) is 8.27. The Morgan fingerprint density at radius 3 is 1.92 bits per heavy atom. The molecule has 4 unspecified atom stereocenters. The number of nitrogens with zero attached hydrogens (tertiary/aromatic N) is 1. The average Bonchev–Trinajstić information content (AvgIpc) is 3.61. The van der Waals surface area contributed by atoms with Crippen molar-refractivity contribution in [2.24, 2.45) is 11.8 Å². The molecule has 48 heavy (non-hydrogen) atoms. The number of likely N-dealkylation sites (tertiary alicyclic amines) is 1. The number of hydrogen-bond acceptors (Lipinski definition) is 5. The number of benzene rings is 5. The number of hydrogen-bond donors (Lipinski definition) is 2. The first-order chi connectivity index (χ1) is 23.4. The van der Waals surface area contributed by atoms with Crippen LogP contribution in [-0.2, 0) is 28.8 Å². The molecule has 4 atom stereocenters. The van der Waals surface area contributed by atoms with Gasteiger partial charge in [0.15, 0.2) is 0 Å². The summed E-state index contributed by atoms with van der Waals surface area (Å²) >= 11 is 0. The summed E-state index contributed by atoms with van der Waals surface area (Å²) in [4.78, 5) is 16.2. The first-order valence-electron chi connectivity index (χ1n) is 16.6. The maximum absolute atomic E-state index is 14.3. The number of fused-ring (bicyclic) bond motifs is 1. The van der Waals surface area contributed by atoms with Crippen molar-refractivity contribution in [3.05, 3.63) is 167 Å². The third-order valence-corrected chi connectivity index (χ3v) is 10.6. The standard InChI is InChI=1S/C42H41NO5/c1-47-38-24-14-12-22-34(38)42(46)36-28-43(40(45)25-31-17-11-13-23-37(31)48-29-30-15-5-2-6-16-30)27-35(36)41(26-39(42)44,32-18-7-3-8-19-32)33-20-9-4-10-21-33/h2-24,35-36,39,44,46H,25-29H2,1H3. The summed E-state index contributed by atoms with van der Waals surface area (Å²) in [5, 5.41) is 25.1. The van der Waals surface area contributed by atoms with Crippen LogP contribution in [0.25, 0.3) is 0 Å². The van der Waals surface area contributed by atoms with Crippen molar-refractivity contribution in [1.82, 2.24) is 4.90 Å². The van der Waals surface area contributed by atoms with Gasteiger partial charge in [-0.1, -0.05) is 127 Å². The monoisotopic (exact) mass is 639 g/mol. The van der Waals surface area contributed by atoms with Crippen LogP contribution >= 0.6 is 0 Å². The van der Waals surface area contributed by atoms with E-state index in [2.05, 4.69) is 24.3 Å². The molecule has 0 bridgehead atoms. The molecule has 0 aromatic heterocycles. The van der Waals surface area contributed by atoms with Crippen molar-refractivity contribution in [1.29, 1.82) is 0 Å². The van der Waals surface area contributed by atoms with E-state index in [0.29, 0.717) is 30.2 Å². The Bertz CT molecular complexity index is 1810. The first kappa shape index (κ1) is 31.7. The van der Waals surface area contributed by atoms with Gasteiger partial charge in [0.2, 0.25) is 5.91 Å². The molecule has 5 aromatic rings. The molecule has 0 spiro atoms. The average molecular weight is 640 g/mol. The summed E-state index contributed by atoms with van der Waals surface area (Å²) in [6.07, 6.45) is -0.712. The van der Waals surface area contributed by atoms with Gasteiger partial charge >= 0.3 is 0 Å². The molecule has 1 aliphatic heterocycles. The zero-order valence-corrected chi connectivity index (χ0v) is 27.1. The van der Waals surface area contributed by atoms with Gasteiger partial charge in [0.25, 0.3) is 0 Å². The maximum Gasteiger partial charge on any atom is 0.227 e. The molecule has 1 aliphatic carbocycles. The SMILES string of the molecule is COc1ccccc1C1(O)C(O)CC(c2ccccc2)(c2ccccc2)C2CN(C(=O)Cc3ccccc3OCc3ccccc3)CC21. The van der Waals surface area contributed by atoms with Gasteiger partial charge in [0.05, 0.1) is 19.6 Å². The van der Waals surface area contributed by atoms with Gasteiger partial charge in [-0.05, 0) is 41.2 Å². The van der Waals surface area contributed by atoms with E-state index >= 15 is 0 Å². The second kappa shape index (κ2) is 13.3. The van der Waals surface area contributed by atoms with Gasteiger partial charge in [-0.2, -0.15) is 0 Å². The summed E-state index contributed by atoms with van der Waals surface area (Å²) in [7, 11) is 1.58. The molecular formula is C42H41NO5. The third-order valence-electron chi connectivity index (χ3n) is 10.6. The Kier molecular flexibility index (Phi) is 8.78. The molecule has 2 aliphatic rings. The van der Waals surface area contributed by atoms with Crippen molar-refractivity contribution in [3.63, 3.8) is 0 Å². The van der Waals surface area contributed by atoms with E-state index in [9.17, 15) is 15.0 Å². The van der Waals surface area contributed by atoms with E-state index in [1.807, 2.05) is 120 Å². The number of methoxy groups -OCH3 is 1. The van der Waals surface area contributed by atoms with E-state index in [0.717, 1.165) is 22.3 Å². The number of para-hydroxylation sites is 2. The van der Waals surface area contributed by atoms with Crippen LogP contribution in [-0.4, -0.2) is 47.3 Å². The van der Waals surface area contributed by atoms with Crippen LogP contribution < -0.4 is 9.47 Å². The highest BCUT2D eigenvalue weighted by Crippen LogP contribution is 2.60. The lowest BCUT2D eigenvalue weighted by Crippen LogP contribution is -2.60. The molecule has 2 fully saturated rings. The normalized spacial score (nSPS) is 22.9. The topological polar surface area (TPSA) is 79.2 Å². The number of carbonyl (C=O) groups excluding carboxylic acids is 1. The number of rotatable bonds is 9. The lowest BCUT2D eigenvalue weighted by atomic mass is 9.51. The minimum absolute atomic E-state index is 0.0490. The van der Waals surface area contributed by atoms with Crippen LogP contribution in [0.2, 0.25) is 0 Å². The van der Waals surface area contributed by atoms with E-state index in [-0.39, 0.29) is 31.2 Å². The molecular weight excluding hydrogens is 598 g/mol. The minimum atomic E-state index is -1.66. The Morgan fingerprint density at radius 1 is 0.729 bits per heavy atom. The van der Waals surface area contributed by atoms with Gasteiger partial charge in [0, 0.05) is 35.5 Å². The zero-order chi connectivity index (χ0) is 33.1. The molecule has 244 valence electrons. The number of aliphatic hydroxyl groups is 2. The van der Waals surface area contributed by atoms with Crippen molar-refractivity contribution >= 4 is 5.91 Å². The van der Waals surface area contributed by atoms with Crippen LogP contribution in [0.15, 0.2) is 140 Å². The number of aliphatic hydroxyl groups excluding tert-OH is 1. The summed E-state index contributed by atoms with van der Waals surface area (Å²) in [5.41, 5.74) is 2.20. The lowest BCUT2D eigenvalue weighted by molar-refractivity contribution is -0.168. The summed E-state index contributed by atoms with van der Waals surface area (Å²) in [6.45, 7) is 1.11. The molecule has 6 nitrogen and oxygen atoms in total. The Hall–Kier alpha value is -4.91. The Labute approximate surface area is 282 Å². The van der Waals surface area contributed by atoms with Crippen molar-refractivity contribution in [3.8, 4) is 11.5 Å². The van der Waals surface area contributed by atoms with E-state index in [1.54, 1.807) is 7.11 Å². The largest absolute Gasteiger partial charge is 0.496 e. The van der Waals surface area contributed by atoms with Gasteiger partial charge in [-0.25, -0.2) is 0 Å². The minimum Gasteiger partial charge on any atom is -0.496 e. The first-order valence-corrected chi connectivity index (χ1v) is 16.6. The van der Waals surface area contributed by atoms with Crippen molar-refractivity contribution in [2.75, 3.05) is 20.2 Å². The maximum atomic E-state index is 14.3. The van der Waals surface area contributed by atoms with Crippen molar-refractivity contribution < 1.29 is 24.5 Å². The van der Waals surface area contributed by atoms with Gasteiger partial charge in [0.1, 0.15) is 23.7 Å². The quantitative estimate of drug-likeness (QED) is 0.192. The predicted octanol–water partition coefficient (Wildman–Crippen LogP) is 6.53. The fraction of sp³-hybridized carbons (Fsp3) is 0.262. The summed E-state index contributed by atoms with van der Waals surface area (Å²) in [5.74, 6) is 0.432. The van der Waals surface area contributed by atoms with Crippen LogP contribution in [0.1, 0.15) is 34.2 Å². The second-order valence-corrected chi connectivity index (χ2v) is 13.0. The van der Waals surface area contributed by atoms with E-state index in [4.69, 9.17) is 9.47 Å². The highest BCUT2D eigenvalue weighted by molar-refractivity contribution is 5.80. The van der Waals surface area contributed by atoms with Gasteiger partial charge < -0.3 is 24.6 Å². The molecule has 1 saturated carbocycles. The highest BCUT2D eigenvalue weighted by atomic mass is 16.5. The van der Waals surface area contributed by atoms with Crippen LogP contribution in [0.4, 0.5) is 0 Å². The highest BCUT2D eigenvalue weighted by Gasteiger charge is 2.64. The van der Waals surface area contributed by atoms with Crippen LogP contribution in [0, 0.1) is 11.8 Å². The van der Waals surface area contributed by atoms with Crippen molar-refractivity contribution in [2.45, 2.75) is 36.6 Å². The predicted molar refractivity (Wildman–Crippen MR) is 186 cm³/mol. The van der Waals surface area contributed by atoms with Crippen LogP contribution in [0.3, 0.4) is 0 Å². The smallest absolute Gasteiger partial charge is 0.227 e. The number of carbonyl (C=O) groups is 1. The van der Waals surface area contributed by atoms with Gasteiger partial charge in [-0.15, -0.1) is 0 Å². The molecule has 2 N–H and O–H groups in total. The van der Waals surface area contributed by atoms with Gasteiger partial charge in [-0.3, -0.25) is 4.79 Å². The molecule has 1 saturated heterocycles. The summed E-state index contributed by atoms with van der Waals surface area (Å²) in [6, 6.07) is 45.5. The Morgan fingerprint density at radius 2 is 1.27 bits per heavy atom. The van der Waals surface area contributed by atoms with Crippen LogP contribution in [0.5, 0.6) is 11.5 Å². The van der Waals surface area contributed by atoms with E-state index in [1.165, 1.54) is 0 Å². The number of amides is 1.